The number of halogens is 1. The first-order chi connectivity index (χ1) is 22.6. The summed E-state index contributed by atoms with van der Waals surface area (Å²) >= 11 is 5.96. The van der Waals surface area contributed by atoms with Crippen molar-refractivity contribution in [2.75, 3.05) is 13.1 Å². The minimum absolute atomic E-state index is 0.00348. The molecular weight excluding hydrogens is 678 g/mol. The van der Waals surface area contributed by atoms with Crippen LogP contribution in [0.2, 0.25) is 5.02 Å². The number of aromatic carboxylic acids is 1. The lowest BCUT2D eigenvalue weighted by molar-refractivity contribution is -0.123. The van der Waals surface area contributed by atoms with Crippen LogP contribution in [0.1, 0.15) is 37.9 Å². The minimum Gasteiger partial charge on any atom is -0.534 e. The number of carboxylic acids is 1. The zero-order chi connectivity index (χ0) is 35.1. The topological polar surface area (TPSA) is 264 Å². The number of benzene rings is 3. The Morgan fingerprint density at radius 3 is 2.29 bits per heavy atom. The summed E-state index contributed by atoms with van der Waals surface area (Å²) in [7, 11) is -6.41. The van der Waals surface area contributed by atoms with Gasteiger partial charge in [-0.15, -0.1) is 0 Å². The molecule has 17 nitrogen and oxygen atoms in total. The highest BCUT2D eigenvalue weighted by Gasteiger charge is 2.42. The summed E-state index contributed by atoms with van der Waals surface area (Å²) in [5, 5.41) is 43.5. The van der Waals surface area contributed by atoms with Crippen LogP contribution in [0, 0.1) is 0 Å². The number of urea groups is 2. The summed E-state index contributed by atoms with van der Waals surface area (Å²) in [6.07, 6.45) is -0.0851. The number of carbonyl (C=O) groups excluding carboxylic acids is 4. The molecule has 0 aromatic heterocycles. The number of carbonyl (C=O) groups is 5. The maximum atomic E-state index is 13.6. The second kappa shape index (κ2) is 13.2. The fourth-order valence-electron chi connectivity index (χ4n) is 5.12. The molecule has 0 spiro atoms. The minimum atomic E-state index is -4.68. The zero-order valence-corrected chi connectivity index (χ0v) is 26.0. The first kappa shape index (κ1) is 34.2. The Balaban J connectivity index is 1.38. The molecule has 3 aromatic rings. The van der Waals surface area contributed by atoms with E-state index in [4.69, 9.17) is 16.3 Å². The molecule has 0 saturated carbocycles. The van der Waals surface area contributed by atoms with Crippen molar-refractivity contribution in [1.82, 2.24) is 20.4 Å². The van der Waals surface area contributed by atoms with Crippen LogP contribution in [0.5, 0.6) is 17.2 Å². The van der Waals surface area contributed by atoms with E-state index in [1.807, 2.05) is 0 Å². The van der Waals surface area contributed by atoms with E-state index in [1.165, 1.54) is 18.2 Å². The van der Waals surface area contributed by atoms with Gasteiger partial charge in [-0.3, -0.25) is 19.1 Å². The highest BCUT2D eigenvalue weighted by atomic mass is 35.5. The molecule has 3 aromatic carbocycles. The van der Waals surface area contributed by atoms with Crippen LogP contribution in [0.4, 0.5) is 9.59 Å². The number of para-hydroxylation sites is 1. The highest BCUT2D eigenvalue weighted by molar-refractivity contribution is 7.60. The van der Waals surface area contributed by atoms with Crippen LogP contribution in [-0.4, -0.2) is 95.9 Å². The molecule has 20 heteroatoms. The third-order valence-electron chi connectivity index (χ3n) is 7.59. The zero-order valence-electron chi connectivity index (χ0n) is 24.3. The SMILES string of the molecule is O=C(O)c1cccc2c1OB(O)C(NC(=O)[C@H](NC(=O)N1CCN(C(=O)c3ccc(O)c(O)c3Cl)C1=O)c1ccc(P(=O)(O)O)cc1)C2. The Morgan fingerprint density at radius 2 is 1.65 bits per heavy atom. The number of fused-ring (bicyclic) bond motifs is 1. The Morgan fingerprint density at radius 1 is 0.979 bits per heavy atom. The molecule has 0 bridgehead atoms. The van der Waals surface area contributed by atoms with Gasteiger partial charge in [-0.1, -0.05) is 35.9 Å². The highest BCUT2D eigenvalue weighted by Crippen LogP contribution is 2.37. The quantitative estimate of drug-likeness (QED) is 0.0960. The van der Waals surface area contributed by atoms with E-state index >= 15 is 0 Å². The monoisotopic (exact) mass is 702 g/mol. The molecule has 6 amide bonds. The second-order valence-corrected chi connectivity index (χ2v) is 12.6. The number of nitrogens with zero attached hydrogens (tertiary/aromatic N) is 2. The Labute approximate surface area is 275 Å². The van der Waals surface area contributed by atoms with Crippen molar-refractivity contribution in [3.8, 4) is 17.2 Å². The Kier molecular flexibility index (Phi) is 9.39. The lowest BCUT2D eigenvalue weighted by Crippen LogP contribution is -2.56. The summed E-state index contributed by atoms with van der Waals surface area (Å²) in [5.41, 5.74) is -0.190. The van der Waals surface area contributed by atoms with Crippen molar-refractivity contribution in [2.45, 2.75) is 18.4 Å². The van der Waals surface area contributed by atoms with Gasteiger partial charge in [-0.05, 0) is 47.9 Å². The fraction of sp³-hybridized carbons (Fsp3) is 0.179. The average molecular weight is 703 g/mol. The van der Waals surface area contributed by atoms with Gasteiger partial charge in [0.1, 0.15) is 11.8 Å². The number of imide groups is 2. The largest absolute Gasteiger partial charge is 0.547 e. The van der Waals surface area contributed by atoms with Gasteiger partial charge < -0.3 is 45.4 Å². The van der Waals surface area contributed by atoms with Gasteiger partial charge >= 0.3 is 32.7 Å². The van der Waals surface area contributed by atoms with E-state index in [2.05, 4.69) is 10.6 Å². The van der Waals surface area contributed by atoms with Crippen molar-refractivity contribution in [1.29, 1.82) is 0 Å². The Hall–Kier alpha value is -5.13. The first-order valence-electron chi connectivity index (χ1n) is 13.9. The van der Waals surface area contributed by atoms with Crippen LogP contribution in [-0.2, 0) is 15.8 Å². The summed E-state index contributed by atoms with van der Waals surface area (Å²) in [6.45, 7) is -0.637. The van der Waals surface area contributed by atoms with Gasteiger partial charge in [0.15, 0.2) is 11.5 Å². The summed E-state index contributed by atoms with van der Waals surface area (Å²) in [6, 6.07) is 6.79. The summed E-state index contributed by atoms with van der Waals surface area (Å²) in [5.74, 6) is -5.89. The lowest BCUT2D eigenvalue weighted by Gasteiger charge is -2.30. The van der Waals surface area contributed by atoms with Gasteiger partial charge in [0, 0.05) is 6.54 Å². The molecule has 2 heterocycles. The number of amides is 6. The van der Waals surface area contributed by atoms with Crippen LogP contribution in [0.25, 0.3) is 0 Å². The van der Waals surface area contributed by atoms with Crippen LogP contribution in [0.3, 0.4) is 0 Å². The number of rotatable bonds is 7. The molecule has 48 heavy (non-hydrogen) atoms. The molecule has 1 saturated heterocycles. The van der Waals surface area contributed by atoms with Crippen molar-refractivity contribution in [3.05, 3.63) is 81.9 Å². The third kappa shape index (κ3) is 6.65. The predicted molar refractivity (Wildman–Crippen MR) is 165 cm³/mol. The number of carboxylic acid groups (broad SMARTS) is 1. The van der Waals surface area contributed by atoms with E-state index in [0.717, 1.165) is 36.4 Å². The van der Waals surface area contributed by atoms with Crippen molar-refractivity contribution < 1.29 is 63.3 Å². The number of phenols is 2. The Bertz CT molecular complexity index is 1890. The number of phenolic OH excluding ortho intramolecular Hbond substituents is 2. The van der Waals surface area contributed by atoms with Crippen LogP contribution >= 0.6 is 19.2 Å². The summed E-state index contributed by atoms with van der Waals surface area (Å²) in [4.78, 5) is 85.1. The molecule has 5 rings (SSSR count). The molecule has 0 aliphatic carbocycles. The predicted octanol–water partition coefficient (Wildman–Crippen LogP) is 0.721. The maximum Gasteiger partial charge on any atom is 0.547 e. The first-order valence-corrected chi connectivity index (χ1v) is 15.9. The standard InChI is InChI=1S/C28H25BClN4O13P/c30-20-16(8-9-18(35)22(20)36)25(38)33-10-11-34(28(33)42)27(41)32-21(13-4-6-15(7-5-13)48(44,45)46)24(37)31-19-12-14-2-1-3-17(26(39)40)23(14)47-29(19)43/h1-9,19,21,35-36,43H,10-12H2,(H,31,37)(H,32,41)(H,39,40)(H2,44,45,46)/t19?,21-/m1/s1. The van der Waals surface area contributed by atoms with E-state index in [1.54, 1.807) is 0 Å². The van der Waals surface area contributed by atoms with Crippen molar-refractivity contribution >= 4 is 61.5 Å². The molecule has 2 aliphatic heterocycles. The molecule has 0 radical (unpaired) electrons. The fourth-order valence-corrected chi connectivity index (χ4v) is 5.90. The lowest BCUT2D eigenvalue weighted by atomic mass is 9.72. The second-order valence-electron chi connectivity index (χ2n) is 10.6. The van der Waals surface area contributed by atoms with Gasteiger partial charge in [0.25, 0.3) is 5.91 Å². The van der Waals surface area contributed by atoms with E-state index in [9.17, 15) is 58.7 Å². The van der Waals surface area contributed by atoms with E-state index in [0.29, 0.717) is 15.4 Å². The van der Waals surface area contributed by atoms with Gasteiger partial charge in [0.2, 0.25) is 5.91 Å². The normalized spacial score (nSPS) is 16.5. The average Bonchev–Trinajstić information content (AvgIpc) is 3.43. The maximum absolute atomic E-state index is 13.6. The molecule has 1 fully saturated rings. The molecule has 8 N–H and O–H groups in total. The number of nitrogens with one attached hydrogen (secondary N) is 2. The number of hydrogen-bond donors (Lipinski definition) is 8. The number of aromatic hydroxyl groups is 2. The van der Waals surface area contributed by atoms with Crippen molar-refractivity contribution in [2.24, 2.45) is 0 Å². The third-order valence-corrected chi connectivity index (χ3v) is 8.95. The number of hydrogen-bond acceptors (Lipinski definition) is 10. The van der Waals surface area contributed by atoms with Gasteiger partial charge in [-0.25, -0.2) is 19.3 Å². The molecule has 250 valence electrons. The van der Waals surface area contributed by atoms with Crippen LogP contribution in [0.15, 0.2) is 54.6 Å². The molecule has 2 aliphatic rings. The van der Waals surface area contributed by atoms with E-state index in [-0.39, 0.29) is 47.3 Å². The van der Waals surface area contributed by atoms with E-state index < -0.39 is 73.1 Å². The molecular formula is C28H25BClN4O13P. The van der Waals surface area contributed by atoms with Gasteiger partial charge in [-0.2, -0.15) is 0 Å². The smallest absolute Gasteiger partial charge is 0.534 e. The summed E-state index contributed by atoms with van der Waals surface area (Å²) < 4.78 is 17.1. The molecule has 2 atom stereocenters. The van der Waals surface area contributed by atoms with Crippen LogP contribution < -0.4 is 20.6 Å². The molecule has 1 unspecified atom stereocenters. The van der Waals surface area contributed by atoms with Crippen molar-refractivity contribution in [3.63, 3.8) is 0 Å². The van der Waals surface area contributed by atoms with Gasteiger partial charge in [0.05, 0.1) is 33.9 Å².